The van der Waals surface area contributed by atoms with Gasteiger partial charge in [-0.3, -0.25) is 9.69 Å². The van der Waals surface area contributed by atoms with E-state index in [2.05, 4.69) is 0 Å². The van der Waals surface area contributed by atoms with Crippen molar-refractivity contribution in [2.24, 2.45) is 5.92 Å². The highest BCUT2D eigenvalue weighted by Gasteiger charge is 2.46. The lowest BCUT2D eigenvalue weighted by atomic mass is 9.98. The summed E-state index contributed by atoms with van der Waals surface area (Å²) in [6.45, 7) is 5.09. The molecule has 1 amide bonds. The Labute approximate surface area is 87.4 Å². The molecule has 0 aromatic carbocycles. The molecule has 1 fully saturated rings. The van der Waals surface area contributed by atoms with Gasteiger partial charge >= 0.3 is 12.1 Å². The average Bonchev–Trinajstić information content (AvgIpc) is 1.97. The number of nitrogens with zero attached hydrogens (tertiary/aromatic N) is 1. The maximum Gasteiger partial charge on any atom is 0.412 e. The van der Waals surface area contributed by atoms with Crippen LogP contribution in [0.5, 0.6) is 0 Å². The van der Waals surface area contributed by atoms with Gasteiger partial charge in [0.2, 0.25) is 0 Å². The fourth-order valence-corrected chi connectivity index (χ4v) is 1.20. The first-order valence-electron chi connectivity index (χ1n) is 4.63. The zero-order chi connectivity index (χ0) is 11.8. The molecular formula is C9H15NO5. The Morgan fingerprint density at radius 2 is 1.93 bits per heavy atom. The van der Waals surface area contributed by atoms with E-state index in [1.165, 1.54) is 0 Å². The summed E-state index contributed by atoms with van der Waals surface area (Å²) in [5.74, 6) is -2.01. The van der Waals surface area contributed by atoms with Crippen molar-refractivity contribution in [1.29, 1.82) is 0 Å². The third-order valence-electron chi connectivity index (χ3n) is 2.02. The van der Waals surface area contributed by atoms with Crippen molar-refractivity contribution in [2.75, 3.05) is 6.54 Å². The first-order chi connectivity index (χ1) is 6.72. The van der Waals surface area contributed by atoms with E-state index in [1.807, 2.05) is 0 Å². The normalized spacial score (nSPS) is 25.7. The highest BCUT2D eigenvalue weighted by molar-refractivity contribution is 5.77. The molecule has 1 heterocycles. The quantitative estimate of drug-likeness (QED) is 0.657. The minimum atomic E-state index is -1.28. The average molecular weight is 217 g/mol. The molecular weight excluding hydrogens is 202 g/mol. The molecule has 1 aliphatic heterocycles. The number of hydrogen-bond donors (Lipinski definition) is 2. The Hall–Kier alpha value is -1.30. The Balaban J connectivity index is 2.49. The minimum absolute atomic E-state index is 0.00852. The van der Waals surface area contributed by atoms with E-state index in [9.17, 15) is 14.7 Å². The van der Waals surface area contributed by atoms with E-state index in [0.29, 0.717) is 0 Å². The summed E-state index contributed by atoms with van der Waals surface area (Å²) in [4.78, 5) is 22.9. The molecule has 1 aliphatic rings. The van der Waals surface area contributed by atoms with Crippen molar-refractivity contribution in [3.8, 4) is 0 Å². The van der Waals surface area contributed by atoms with Crippen LogP contribution in [0, 0.1) is 5.92 Å². The standard InChI is InChI=1S/C9H15NO5/c1-9(2,3)15-8(14)10-4-5(6(10)11)7(12)13/h5-6,11H,4H2,1-3H3,(H,12,13). The maximum absolute atomic E-state index is 11.4. The van der Waals surface area contributed by atoms with Crippen molar-refractivity contribution >= 4 is 12.1 Å². The summed E-state index contributed by atoms with van der Waals surface area (Å²) in [6, 6.07) is 0. The van der Waals surface area contributed by atoms with E-state index in [4.69, 9.17) is 9.84 Å². The molecule has 15 heavy (non-hydrogen) atoms. The van der Waals surface area contributed by atoms with Gasteiger partial charge in [0, 0.05) is 6.54 Å². The van der Waals surface area contributed by atoms with E-state index >= 15 is 0 Å². The number of aliphatic hydroxyl groups excluding tert-OH is 1. The molecule has 0 radical (unpaired) electrons. The van der Waals surface area contributed by atoms with Gasteiger partial charge in [0.25, 0.3) is 0 Å². The predicted octanol–water partition coefficient (Wildman–Crippen LogP) is 0.256. The Morgan fingerprint density at radius 1 is 1.40 bits per heavy atom. The fourth-order valence-electron chi connectivity index (χ4n) is 1.20. The number of carboxylic acids is 1. The lowest BCUT2D eigenvalue weighted by molar-refractivity contribution is -0.171. The topological polar surface area (TPSA) is 87.1 Å². The number of likely N-dealkylation sites (tertiary alicyclic amines) is 1. The number of aliphatic hydroxyl groups is 1. The predicted molar refractivity (Wildman–Crippen MR) is 50.1 cm³/mol. The van der Waals surface area contributed by atoms with Gasteiger partial charge in [0.05, 0.1) is 0 Å². The van der Waals surface area contributed by atoms with Gasteiger partial charge in [-0.25, -0.2) is 4.79 Å². The molecule has 0 spiro atoms. The Morgan fingerprint density at radius 3 is 2.27 bits per heavy atom. The van der Waals surface area contributed by atoms with Crippen LogP contribution < -0.4 is 0 Å². The second kappa shape index (κ2) is 3.69. The number of amides is 1. The Kier molecular flexibility index (Phi) is 2.90. The number of carboxylic acid groups (broad SMARTS) is 1. The fraction of sp³-hybridized carbons (Fsp3) is 0.778. The molecule has 1 saturated heterocycles. The van der Waals surface area contributed by atoms with Gasteiger partial charge in [-0.2, -0.15) is 0 Å². The third kappa shape index (κ3) is 2.59. The summed E-state index contributed by atoms with van der Waals surface area (Å²) in [7, 11) is 0. The smallest absolute Gasteiger partial charge is 0.412 e. The first kappa shape index (κ1) is 11.8. The first-order valence-corrected chi connectivity index (χ1v) is 4.63. The van der Waals surface area contributed by atoms with Crippen LogP contribution in [0.25, 0.3) is 0 Å². The highest BCUT2D eigenvalue weighted by atomic mass is 16.6. The Bertz CT molecular complexity index is 283. The molecule has 2 unspecified atom stereocenters. The maximum atomic E-state index is 11.4. The third-order valence-corrected chi connectivity index (χ3v) is 2.02. The lowest BCUT2D eigenvalue weighted by Crippen LogP contribution is -2.61. The zero-order valence-corrected chi connectivity index (χ0v) is 8.93. The van der Waals surface area contributed by atoms with Crippen LogP contribution in [-0.2, 0) is 9.53 Å². The number of rotatable bonds is 1. The van der Waals surface area contributed by atoms with Crippen LogP contribution in [0.1, 0.15) is 20.8 Å². The lowest BCUT2D eigenvalue weighted by Gasteiger charge is -2.42. The second-order valence-electron chi connectivity index (χ2n) is 4.49. The van der Waals surface area contributed by atoms with E-state index in [-0.39, 0.29) is 6.54 Å². The summed E-state index contributed by atoms with van der Waals surface area (Å²) < 4.78 is 4.97. The largest absolute Gasteiger partial charge is 0.481 e. The van der Waals surface area contributed by atoms with Gasteiger partial charge in [0.15, 0.2) is 0 Å². The summed E-state index contributed by atoms with van der Waals surface area (Å²) >= 11 is 0. The molecule has 6 heteroatoms. The van der Waals surface area contributed by atoms with Crippen molar-refractivity contribution in [2.45, 2.75) is 32.6 Å². The van der Waals surface area contributed by atoms with Gasteiger partial charge < -0.3 is 14.9 Å². The van der Waals surface area contributed by atoms with Gasteiger partial charge in [-0.15, -0.1) is 0 Å². The molecule has 0 aromatic heterocycles. The van der Waals surface area contributed by atoms with E-state index in [1.54, 1.807) is 20.8 Å². The van der Waals surface area contributed by atoms with E-state index in [0.717, 1.165) is 4.90 Å². The molecule has 0 aliphatic carbocycles. The second-order valence-corrected chi connectivity index (χ2v) is 4.49. The molecule has 0 bridgehead atoms. The molecule has 0 aromatic rings. The number of aliphatic carboxylic acids is 1. The zero-order valence-electron chi connectivity index (χ0n) is 8.93. The van der Waals surface area contributed by atoms with Crippen molar-refractivity contribution in [3.63, 3.8) is 0 Å². The molecule has 0 saturated carbocycles. The molecule has 6 nitrogen and oxygen atoms in total. The van der Waals surface area contributed by atoms with Crippen LogP contribution in [0.2, 0.25) is 0 Å². The summed E-state index contributed by atoms with van der Waals surface area (Å²) in [5.41, 5.74) is -0.648. The van der Waals surface area contributed by atoms with Gasteiger partial charge in [-0.05, 0) is 20.8 Å². The number of carbonyl (C=O) groups excluding carboxylic acids is 1. The van der Waals surface area contributed by atoms with Crippen LogP contribution in [0.3, 0.4) is 0 Å². The van der Waals surface area contributed by atoms with Crippen molar-refractivity contribution in [3.05, 3.63) is 0 Å². The van der Waals surface area contributed by atoms with Crippen LogP contribution in [-0.4, -0.2) is 45.5 Å². The highest BCUT2D eigenvalue weighted by Crippen LogP contribution is 2.25. The van der Waals surface area contributed by atoms with Crippen LogP contribution in [0.4, 0.5) is 4.79 Å². The number of hydrogen-bond acceptors (Lipinski definition) is 4. The number of ether oxygens (including phenoxy) is 1. The number of carbonyl (C=O) groups is 2. The van der Waals surface area contributed by atoms with Gasteiger partial charge in [-0.1, -0.05) is 0 Å². The summed E-state index contributed by atoms with van der Waals surface area (Å²) in [5, 5.41) is 17.9. The molecule has 2 N–H and O–H groups in total. The SMILES string of the molecule is CC(C)(C)OC(=O)N1CC(C(=O)O)C1O. The van der Waals surface area contributed by atoms with Crippen molar-refractivity contribution < 1.29 is 24.5 Å². The van der Waals surface area contributed by atoms with Crippen LogP contribution in [0.15, 0.2) is 0 Å². The molecule has 2 atom stereocenters. The van der Waals surface area contributed by atoms with Crippen LogP contribution >= 0.6 is 0 Å². The summed E-state index contributed by atoms with van der Waals surface area (Å²) in [6.07, 6.45) is -1.97. The molecule has 86 valence electrons. The molecule has 1 rings (SSSR count). The van der Waals surface area contributed by atoms with Crippen molar-refractivity contribution in [1.82, 2.24) is 4.90 Å². The monoisotopic (exact) mass is 217 g/mol. The van der Waals surface area contributed by atoms with Gasteiger partial charge in [0.1, 0.15) is 17.7 Å². The van der Waals surface area contributed by atoms with E-state index < -0.39 is 29.8 Å². The minimum Gasteiger partial charge on any atom is -0.481 e.